The Morgan fingerprint density at radius 1 is 1.73 bits per heavy atom. The van der Waals surface area contributed by atoms with Gasteiger partial charge >= 0.3 is 5.97 Å². The van der Waals surface area contributed by atoms with Crippen molar-refractivity contribution in [1.29, 1.82) is 0 Å². The third-order valence-corrected chi connectivity index (χ3v) is 2.31. The predicted octanol–water partition coefficient (Wildman–Crippen LogP) is 0.547. The number of methoxy groups -OCH3 is 1. The second kappa shape index (κ2) is 3.72. The van der Waals surface area contributed by atoms with Gasteiger partial charge in [-0.2, -0.15) is 0 Å². The fourth-order valence-corrected chi connectivity index (χ4v) is 1.44. The van der Waals surface area contributed by atoms with E-state index in [9.17, 15) is 4.79 Å². The van der Waals surface area contributed by atoms with Crippen LogP contribution in [0.4, 0.5) is 0 Å². The Morgan fingerprint density at radius 2 is 2.45 bits per heavy atom. The van der Waals surface area contributed by atoms with E-state index < -0.39 is 0 Å². The molecule has 0 aromatic rings. The molecule has 11 heavy (non-hydrogen) atoms. The highest BCUT2D eigenvalue weighted by molar-refractivity contribution is 5.70. The van der Waals surface area contributed by atoms with Gasteiger partial charge in [-0.1, -0.05) is 6.92 Å². The lowest BCUT2D eigenvalue weighted by molar-refractivity contribution is -0.141. The van der Waals surface area contributed by atoms with Crippen LogP contribution in [0.1, 0.15) is 19.8 Å². The molecule has 1 aliphatic heterocycles. The smallest absolute Gasteiger partial charge is 0.307 e. The molecular formula is C8H15NO2. The maximum absolute atomic E-state index is 10.9. The van der Waals surface area contributed by atoms with Crippen molar-refractivity contribution in [2.24, 2.45) is 5.92 Å². The minimum atomic E-state index is -0.115. The maximum atomic E-state index is 10.9. The molecule has 1 fully saturated rings. The summed E-state index contributed by atoms with van der Waals surface area (Å²) in [7, 11) is 1.43. The Hall–Kier alpha value is -0.570. The predicted molar refractivity (Wildman–Crippen MR) is 42.2 cm³/mol. The van der Waals surface area contributed by atoms with E-state index in [0.717, 1.165) is 6.54 Å². The van der Waals surface area contributed by atoms with E-state index >= 15 is 0 Å². The zero-order chi connectivity index (χ0) is 8.27. The van der Waals surface area contributed by atoms with E-state index in [4.69, 9.17) is 0 Å². The van der Waals surface area contributed by atoms with E-state index in [0.29, 0.717) is 18.4 Å². The lowest BCUT2D eigenvalue weighted by atomic mass is 10.0. The third-order valence-electron chi connectivity index (χ3n) is 2.31. The Balaban J connectivity index is 2.30. The molecule has 0 bridgehead atoms. The Labute approximate surface area is 67.1 Å². The number of carbonyl (C=O) groups is 1. The lowest BCUT2D eigenvalue weighted by Crippen LogP contribution is -2.28. The minimum absolute atomic E-state index is 0.115. The van der Waals surface area contributed by atoms with Crippen LogP contribution in [0.2, 0.25) is 0 Å². The minimum Gasteiger partial charge on any atom is -0.469 e. The molecule has 64 valence electrons. The van der Waals surface area contributed by atoms with Gasteiger partial charge in [0.15, 0.2) is 0 Å². The average Bonchev–Trinajstić information content (AvgIpc) is 2.37. The van der Waals surface area contributed by atoms with Crippen LogP contribution in [0, 0.1) is 5.92 Å². The van der Waals surface area contributed by atoms with Crippen molar-refractivity contribution in [3.63, 3.8) is 0 Å². The monoisotopic (exact) mass is 157 g/mol. The van der Waals surface area contributed by atoms with Crippen LogP contribution in [0.15, 0.2) is 0 Å². The molecule has 0 aromatic carbocycles. The van der Waals surface area contributed by atoms with Gasteiger partial charge in [0.25, 0.3) is 0 Å². The zero-order valence-corrected chi connectivity index (χ0v) is 7.09. The number of hydrogen-bond donors (Lipinski definition) is 1. The summed E-state index contributed by atoms with van der Waals surface area (Å²) in [6, 6.07) is 0.336. The van der Waals surface area contributed by atoms with Gasteiger partial charge in [-0.15, -0.1) is 0 Å². The van der Waals surface area contributed by atoms with Crippen LogP contribution in [0.3, 0.4) is 0 Å². The van der Waals surface area contributed by atoms with Crippen molar-refractivity contribution in [3.05, 3.63) is 0 Å². The molecule has 0 spiro atoms. The molecule has 0 unspecified atom stereocenters. The second-order valence-electron chi connectivity index (χ2n) is 3.11. The largest absolute Gasteiger partial charge is 0.469 e. The van der Waals surface area contributed by atoms with Crippen LogP contribution in [0.5, 0.6) is 0 Å². The zero-order valence-electron chi connectivity index (χ0n) is 7.09. The number of nitrogens with one attached hydrogen (secondary N) is 1. The fourth-order valence-electron chi connectivity index (χ4n) is 1.44. The van der Waals surface area contributed by atoms with Crippen LogP contribution >= 0.6 is 0 Å². The van der Waals surface area contributed by atoms with Gasteiger partial charge in [0.1, 0.15) is 0 Å². The first-order valence-electron chi connectivity index (χ1n) is 4.04. The van der Waals surface area contributed by atoms with Gasteiger partial charge in [0.2, 0.25) is 0 Å². The van der Waals surface area contributed by atoms with Crippen molar-refractivity contribution in [2.45, 2.75) is 25.8 Å². The number of ether oxygens (including phenoxy) is 1. The van der Waals surface area contributed by atoms with Crippen molar-refractivity contribution < 1.29 is 9.53 Å². The summed E-state index contributed by atoms with van der Waals surface area (Å²) in [5.74, 6) is 0.491. The van der Waals surface area contributed by atoms with E-state index in [1.165, 1.54) is 13.5 Å². The molecule has 2 atom stereocenters. The molecule has 3 nitrogen and oxygen atoms in total. The lowest BCUT2D eigenvalue weighted by Gasteiger charge is -2.13. The first-order valence-corrected chi connectivity index (χ1v) is 4.04. The first-order chi connectivity index (χ1) is 5.24. The molecule has 0 aromatic heterocycles. The Morgan fingerprint density at radius 3 is 2.91 bits per heavy atom. The van der Waals surface area contributed by atoms with Crippen molar-refractivity contribution in [2.75, 3.05) is 13.7 Å². The molecular weight excluding hydrogens is 142 g/mol. The Kier molecular flexibility index (Phi) is 2.88. The molecule has 1 aliphatic rings. The number of rotatable bonds is 2. The van der Waals surface area contributed by atoms with Gasteiger partial charge in [0, 0.05) is 6.04 Å². The van der Waals surface area contributed by atoms with Crippen LogP contribution in [-0.4, -0.2) is 25.7 Å². The van der Waals surface area contributed by atoms with Crippen LogP contribution in [0.25, 0.3) is 0 Å². The third kappa shape index (κ3) is 2.19. The molecule has 3 heteroatoms. The fraction of sp³-hybridized carbons (Fsp3) is 0.875. The molecule has 1 heterocycles. The summed E-state index contributed by atoms with van der Waals surface area (Å²) < 4.78 is 4.58. The van der Waals surface area contributed by atoms with Gasteiger partial charge in [-0.05, 0) is 18.9 Å². The van der Waals surface area contributed by atoms with E-state index in [1.54, 1.807) is 0 Å². The molecule has 0 saturated carbocycles. The van der Waals surface area contributed by atoms with Crippen LogP contribution in [-0.2, 0) is 9.53 Å². The van der Waals surface area contributed by atoms with E-state index in [2.05, 4.69) is 17.0 Å². The topological polar surface area (TPSA) is 38.3 Å². The standard InChI is InChI=1S/C8H15NO2/c1-6-3-4-9-7(6)5-8(10)11-2/h6-7,9H,3-5H2,1-2H3/t6-,7+/m0/s1. The molecule has 1 N–H and O–H groups in total. The van der Waals surface area contributed by atoms with Crippen molar-refractivity contribution >= 4 is 5.97 Å². The summed E-state index contributed by atoms with van der Waals surface area (Å²) in [6.45, 7) is 3.19. The van der Waals surface area contributed by atoms with Gasteiger partial charge in [0.05, 0.1) is 13.5 Å². The van der Waals surface area contributed by atoms with Gasteiger partial charge in [-0.3, -0.25) is 4.79 Å². The molecule has 0 radical (unpaired) electrons. The molecule has 1 saturated heterocycles. The highest BCUT2D eigenvalue weighted by Gasteiger charge is 2.24. The second-order valence-corrected chi connectivity index (χ2v) is 3.11. The summed E-state index contributed by atoms with van der Waals surface area (Å²) >= 11 is 0. The summed E-state index contributed by atoms with van der Waals surface area (Å²) in [6.07, 6.45) is 1.68. The molecule has 0 amide bonds. The molecule has 0 aliphatic carbocycles. The maximum Gasteiger partial charge on any atom is 0.307 e. The highest BCUT2D eigenvalue weighted by atomic mass is 16.5. The first kappa shape index (κ1) is 8.53. The number of esters is 1. The molecule has 1 rings (SSSR count). The van der Waals surface area contributed by atoms with Crippen molar-refractivity contribution in [1.82, 2.24) is 5.32 Å². The van der Waals surface area contributed by atoms with Crippen molar-refractivity contribution in [3.8, 4) is 0 Å². The summed E-state index contributed by atoms with van der Waals surface area (Å²) in [4.78, 5) is 10.9. The van der Waals surface area contributed by atoms with E-state index in [1.807, 2.05) is 0 Å². The Bertz CT molecular complexity index is 147. The quantitative estimate of drug-likeness (QED) is 0.595. The average molecular weight is 157 g/mol. The summed E-state index contributed by atoms with van der Waals surface area (Å²) in [5, 5.41) is 3.27. The summed E-state index contributed by atoms with van der Waals surface area (Å²) in [5.41, 5.74) is 0. The van der Waals surface area contributed by atoms with Crippen LogP contribution < -0.4 is 5.32 Å². The number of hydrogen-bond acceptors (Lipinski definition) is 3. The van der Waals surface area contributed by atoms with E-state index in [-0.39, 0.29) is 5.97 Å². The van der Waals surface area contributed by atoms with Gasteiger partial charge < -0.3 is 10.1 Å². The SMILES string of the molecule is COC(=O)C[C@H]1NCC[C@@H]1C. The van der Waals surface area contributed by atoms with Gasteiger partial charge in [-0.25, -0.2) is 0 Å². The highest BCUT2D eigenvalue weighted by Crippen LogP contribution is 2.17. The number of carbonyl (C=O) groups excluding carboxylic acids is 1. The normalized spacial score (nSPS) is 30.4.